The fraction of sp³-hybridized carbons (Fsp3) is 0.412. The van der Waals surface area contributed by atoms with E-state index in [1.54, 1.807) is 6.92 Å². The number of halogens is 2. The SMILES string of the molecule is CCNc1cc(N2CCN(S(=O)(=O)c3cc(F)cc(F)c3)CC2)nc(C)n1. The van der Waals surface area contributed by atoms with Crippen LogP contribution in [0.4, 0.5) is 20.4 Å². The second-order valence-electron chi connectivity index (χ2n) is 6.19. The van der Waals surface area contributed by atoms with Gasteiger partial charge in [0.05, 0.1) is 4.90 Å². The summed E-state index contributed by atoms with van der Waals surface area (Å²) in [5, 5.41) is 3.14. The molecule has 2 heterocycles. The molecule has 1 aromatic carbocycles. The van der Waals surface area contributed by atoms with Gasteiger partial charge < -0.3 is 10.2 Å². The molecule has 0 unspecified atom stereocenters. The van der Waals surface area contributed by atoms with Crippen LogP contribution < -0.4 is 10.2 Å². The summed E-state index contributed by atoms with van der Waals surface area (Å²) >= 11 is 0. The van der Waals surface area contributed by atoms with Gasteiger partial charge in [-0.15, -0.1) is 0 Å². The topological polar surface area (TPSA) is 78.4 Å². The van der Waals surface area contributed by atoms with Gasteiger partial charge >= 0.3 is 0 Å². The molecule has 0 saturated carbocycles. The minimum Gasteiger partial charge on any atom is -0.370 e. The standard InChI is InChI=1S/C17H21F2N5O2S/c1-3-20-16-11-17(22-12(2)21-16)23-4-6-24(7-5-23)27(25,26)15-9-13(18)8-14(19)10-15/h8-11H,3-7H2,1-2H3,(H,20,21,22). The molecule has 1 fully saturated rings. The number of anilines is 2. The van der Waals surface area contributed by atoms with E-state index >= 15 is 0 Å². The van der Waals surface area contributed by atoms with E-state index in [4.69, 9.17) is 0 Å². The normalized spacial score (nSPS) is 15.8. The third-order valence-electron chi connectivity index (χ3n) is 4.22. The third kappa shape index (κ3) is 4.33. The highest BCUT2D eigenvalue weighted by Crippen LogP contribution is 2.22. The molecule has 0 spiro atoms. The fourth-order valence-electron chi connectivity index (χ4n) is 2.97. The summed E-state index contributed by atoms with van der Waals surface area (Å²) in [5.41, 5.74) is 0. The Morgan fingerprint density at radius 3 is 2.26 bits per heavy atom. The quantitative estimate of drug-likeness (QED) is 0.832. The van der Waals surface area contributed by atoms with E-state index in [1.165, 1.54) is 4.31 Å². The van der Waals surface area contributed by atoms with Gasteiger partial charge in [-0.3, -0.25) is 0 Å². The minimum absolute atomic E-state index is 0.194. The molecule has 1 N–H and O–H groups in total. The van der Waals surface area contributed by atoms with E-state index in [1.807, 2.05) is 17.9 Å². The Hall–Kier alpha value is -2.33. The number of hydrogen-bond acceptors (Lipinski definition) is 6. The Labute approximate surface area is 157 Å². The summed E-state index contributed by atoms with van der Waals surface area (Å²) < 4.78 is 53.4. The predicted molar refractivity (Wildman–Crippen MR) is 98.3 cm³/mol. The molecule has 0 atom stereocenters. The number of nitrogens with zero attached hydrogens (tertiary/aromatic N) is 4. The molecular weight excluding hydrogens is 376 g/mol. The average molecular weight is 397 g/mol. The number of aromatic nitrogens is 2. The van der Waals surface area contributed by atoms with Gasteiger partial charge in [0.1, 0.15) is 29.1 Å². The molecule has 0 aliphatic carbocycles. The zero-order valence-corrected chi connectivity index (χ0v) is 15.9. The van der Waals surface area contributed by atoms with Crippen LogP contribution in [0.2, 0.25) is 0 Å². The highest BCUT2D eigenvalue weighted by atomic mass is 32.2. The van der Waals surface area contributed by atoms with Crippen LogP contribution in [0.3, 0.4) is 0 Å². The number of piperazine rings is 1. The van der Waals surface area contributed by atoms with E-state index in [2.05, 4.69) is 15.3 Å². The molecule has 3 rings (SSSR count). The van der Waals surface area contributed by atoms with Crippen LogP contribution >= 0.6 is 0 Å². The summed E-state index contributed by atoms with van der Waals surface area (Å²) in [7, 11) is -3.96. The van der Waals surface area contributed by atoms with E-state index in [0.29, 0.717) is 36.6 Å². The second-order valence-corrected chi connectivity index (χ2v) is 8.12. The largest absolute Gasteiger partial charge is 0.370 e. The molecule has 1 aliphatic rings. The smallest absolute Gasteiger partial charge is 0.243 e. The summed E-state index contributed by atoms with van der Waals surface area (Å²) in [6.45, 7) is 5.71. The Kier molecular flexibility index (Phi) is 5.56. The lowest BCUT2D eigenvalue weighted by Gasteiger charge is -2.34. The second kappa shape index (κ2) is 7.73. The van der Waals surface area contributed by atoms with Crippen LogP contribution in [0.25, 0.3) is 0 Å². The van der Waals surface area contributed by atoms with E-state index in [0.717, 1.165) is 18.7 Å². The maximum absolute atomic E-state index is 13.4. The maximum Gasteiger partial charge on any atom is 0.243 e. The first-order chi connectivity index (χ1) is 12.8. The molecule has 1 saturated heterocycles. The first-order valence-corrected chi connectivity index (χ1v) is 10.0. The Bertz CT molecular complexity index is 911. The molecule has 0 bridgehead atoms. The van der Waals surface area contributed by atoms with E-state index in [-0.39, 0.29) is 18.0 Å². The van der Waals surface area contributed by atoms with E-state index in [9.17, 15) is 17.2 Å². The molecule has 0 amide bonds. The van der Waals surface area contributed by atoms with Crippen molar-refractivity contribution in [2.45, 2.75) is 18.7 Å². The van der Waals surface area contributed by atoms with Crippen LogP contribution in [0, 0.1) is 18.6 Å². The van der Waals surface area contributed by atoms with Crippen molar-refractivity contribution >= 4 is 21.7 Å². The minimum atomic E-state index is -3.96. The van der Waals surface area contributed by atoms with Crippen LogP contribution in [-0.4, -0.2) is 55.4 Å². The average Bonchev–Trinajstić information content (AvgIpc) is 2.61. The highest BCUT2D eigenvalue weighted by Gasteiger charge is 2.30. The van der Waals surface area contributed by atoms with Crippen molar-refractivity contribution in [2.75, 3.05) is 42.9 Å². The lowest BCUT2D eigenvalue weighted by molar-refractivity contribution is 0.383. The number of hydrogen-bond donors (Lipinski definition) is 1. The van der Waals surface area contributed by atoms with Gasteiger partial charge in [0.25, 0.3) is 0 Å². The summed E-state index contributed by atoms with van der Waals surface area (Å²) in [4.78, 5) is 10.3. The molecule has 0 radical (unpaired) electrons. The van der Waals surface area contributed by atoms with Gasteiger partial charge in [-0.2, -0.15) is 4.31 Å². The van der Waals surface area contributed by atoms with Crippen LogP contribution in [0.15, 0.2) is 29.2 Å². The number of nitrogens with one attached hydrogen (secondary N) is 1. The summed E-state index contributed by atoms with van der Waals surface area (Å²) in [6, 6.07) is 4.14. The van der Waals surface area contributed by atoms with Crippen LogP contribution in [0.1, 0.15) is 12.7 Å². The summed E-state index contributed by atoms with van der Waals surface area (Å²) in [5.74, 6) is 0.213. The van der Waals surface area contributed by atoms with Gasteiger partial charge in [0, 0.05) is 44.9 Å². The van der Waals surface area contributed by atoms with Gasteiger partial charge in [-0.1, -0.05) is 0 Å². The predicted octanol–water partition coefficient (Wildman–Crippen LogP) is 2.01. The van der Waals surface area contributed by atoms with Gasteiger partial charge in [-0.05, 0) is 26.0 Å². The van der Waals surface area contributed by atoms with E-state index < -0.39 is 21.7 Å². The Balaban J connectivity index is 1.75. The molecule has 1 aromatic heterocycles. The van der Waals surface area contributed by atoms with Crippen molar-refractivity contribution in [1.29, 1.82) is 0 Å². The molecule has 146 valence electrons. The van der Waals surface area contributed by atoms with Crippen molar-refractivity contribution < 1.29 is 17.2 Å². The number of aryl methyl sites for hydroxylation is 1. The first kappa shape index (κ1) is 19.4. The molecule has 1 aliphatic heterocycles. The van der Waals surface area contributed by atoms with Gasteiger partial charge in [-0.25, -0.2) is 27.2 Å². The number of sulfonamides is 1. The van der Waals surface area contributed by atoms with Crippen molar-refractivity contribution in [3.63, 3.8) is 0 Å². The maximum atomic E-state index is 13.4. The Morgan fingerprint density at radius 1 is 1.04 bits per heavy atom. The summed E-state index contributed by atoms with van der Waals surface area (Å²) in [6.07, 6.45) is 0. The Morgan fingerprint density at radius 2 is 1.67 bits per heavy atom. The van der Waals surface area contributed by atoms with Crippen molar-refractivity contribution in [1.82, 2.24) is 14.3 Å². The monoisotopic (exact) mass is 397 g/mol. The lowest BCUT2D eigenvalue weighted by atomic mass is 10.3. The van der Waals surface area contributed by atoms with Crippen molar-refractivity contribution in [3.8, 4) is 0 Å². The first-order valence-electron chi connectivity index (χ1n) is 8.60. The zero-order chi connectivity index (χ0) is 19.6. The molecule has 2 aromatic rings. The molecule has 7 nitrogen and oxygen atoms in total. The fourth-order valence-corrected chi connectivity index (χ4v) is 4.43. The van der Waals surface area contributed by atoms with Crippen molar-refractivity contribution in [3.05, 3.63) is 41.7 Å². The van der Waals surface area contributed by atoms with Crippen molar-refractivity contribution in [2.24, 2.45) is 0 Å². The van der Waals surface area contributed by atoms with Gasteiger partial charge in [0.15, 0.2) is 0 Å². The number of rotatable bonds is 5. The van der Waals surface area contributed by atoms with Gasteiger partial charge in [0.2, 0.25) is 10.0 Å². The lowest BCUT2D eigenvalue weighted by Crippen LogP contribution is -2.49. The zero-order valence-electron chi connectivity index (χ0n) is 15.1. The molecule has 27 heavy (non-hydrogen) atoms. The highest BCUT2D eigenvalue weighted by molar-refractivity contribution is 7.89. The molecular formula is C17H21F2N5O2S. The molecule has 10 heteroatoms. The van der Waals surface area contributed by atoms with Crippen LogP contribution in [-0.2, 0) is 10.0 Å². The number of benzene rings is 1. The third-order valence-corrected chi connectivity index (χ3v) is 6.10. The van der Waals surface area contributed by atoms with Crippen LogP contribution in [0.5, 0.6) is 0 Å².